The average molecular weight is 377 g/mol. The number of rotatable bonds is 6. The highest BCUT2D eigenvalue weighted by Crippen LogP contribution is 2.41. The molecule has 0 spiro atoms. The van der Waals surface area contributed by atoms with Crippen molar-refractivity contribution in [3.05, 3.63) is 34.9 Å². The van der Waals surface area contributed by atoms with Crippen LogP contribution in [-0.4, -0.2) is 23.9 Å². The molecular formula is C14H15ClF6N2O. The molecule has 1 aromatic carbocycles. The van der Waals surface area contributed by atoms with E-state index < -0.39 is 36.9 Å². The molecule has 0 aliphatic rings. The Morgan fingerprint density at radius 3 is 2.08 bits per heavy atom. The normalized spacial score (nSPS) is 13.0. The summed E-state index contributed by atoms with van der Waals surface area (Å²) in [7, 11) is 0. The number of carbonyl (C=O) groups excluding carboxylic acids is 1. The van der Waals surface area contributed by atoms with Crippen LogP contribution in [0.1, 0.15) is 25.3 Å². The number of amides is 1. The van der Waals surface area contributed by atoms with Crippen LogP contribution in [-0.2, 0) is 11.3 Å². The van der Waals surface area contributed by atoms with Crippen molar-refractivity contribution in [3.63, 3.8) is 0 Å². The molecular weight excluding hydrogens is 362 g/mol. The van der Waals surface area contributed by atoms with Crippen LogP contribution in [0.4, 0.5) is 26.3 Å². The Balaban J connectivity index is 3.20. The van der Waals surface area contributed by atoms with Gasteiger partial charge in [0.25, 0.3) is 5.66 Å². The second-order valence-electron chi connectivity index (χ2n) is 4.99. The highest BCUT2D eigenvalue weighted by atomic mass is 35.5. The van der Waals surface area contributed by atoms with Crippen molar-refractivity contribution < 1.29 is 31.1 Å². The van der Waals surface area contributed by atoms with Gasteiger partial charge in [-0.15, -0.1) is 0 Å². The van der Waals surface area contributed by atoms with Gasteiger partial charge in [0.15, 0.2) is 0 Å². The molecule has 2 N–H and O–H groups in total. The summed E-state index contributed by atoms with van der Waals surface area (Å²) in [5, 5.41) is 2.45. The molecule has 10 heteroatoms. The lowest BCUT2D eigenvalue weighted by molar-refractivity contribution is -0.316. The highest BCUT2D eigenvalue weighted by molar-refractivity contribution is 6.31. The van der Waals surface area contributed by atoms with E-state index in [1.165, 1.54) is 36.5 Å². The fraction of sp³-hybridized carbons (Fsp3) is 0.500. The van der Waals surface area contributed by atoms with E-state index in [1.54, 1.807) is 0 Å². The number of alkyl halides is 6. The van der Waals surface area contributed by atoms with Gasteiger partial charge in [0.1, 0.15) is 0 Å². The second-order valence-corrected chi connectivity index (χ2v) is 5.40. The maximum absolute atomic E-state index is 13.2. The number of hydrogen-bond acceptors (Lipinski definition) is 2. The molecule has 0 heterocycles. The topological polar surface area (TPSA) is 41.1 Å². The van der Waals surface area contributed by atoms with Crippen LogP contribution < -0.4 is 10.6 Å². The quantitative estimate of drug-likeness (QED) is 0.578. The Kier molecular flexibility index (Phi) is 6.52. The first-order chi connectivity index (χ1) is 10.9. The van der Waals surface area contributed by atoms with Gasteiger partial charge in [0.05, 0.1) is 0 Å². The van der Waals surface area contributed by atoms with Crippen LogP contribution >= 0.6 is 11.6 Å². The van der Waals surface area contributed by atoms with E-state index >= 15 is 0 Å². The molecule has 3 nitrogen and oxygen atoms in total. The summed E-state index contributed by atoms with van der Waals surface area (Å²) in [5.74, 6) is -1.36. The molecule has 0 atom stereocenters. The van der Waals surface area contributed by atoms with E-state index in [2.05, 4.69) is 0 Å². The summed E-state index contributed by atoms with van der Waals surface area (Å²) < 4.78 is 79.5. The maximum atomic E-state index is 13.2. The summed E-state index contributed by atoms with van der Waals surface area (Å²) in [4.78, 5) is 11.5. The fourth-order valence-corrected chi connectivity index (χ4v) is 2.12. The first-order valence-electron chi connectivity index (χ1n) is 6.87. The van der Waals surface area contributed by atoms with Crippen LogP contribution in [0.25, 0.3) is 0 Å². The van der Waals surface area contributed by atoms with Gasteiger partial charge >= 0.3 is 12.4 Å². The van der Waals surface area contributed by atoms with Gasteiger partial charge < -0.3 is 5.32 Å². The van der Waals surface area contributed by atoms with Gasteiger partial charge in [0, 0.05) is 18.0 Å². The molecule has 0 aliphatic heterocycles. The van der Waals surface area contributed by atoms with E-state index in [0.717, 1.165) is 5.32 Å². The molecule has 0 saturated carbocycles. The zero-order valence-electron chi connectivity index (χ0n) is 12.5. The average Bonchev–Trinajstić information content (AvgIpc) is 2.42. The minimum atomic E-state index is -5.81. The van der Waals surface area contributed by atoms with Gasteiger partial charge in [-0.05, 0) is 18.1 Å². The number of carbonyl (C=O) groups is 1. The lowest BCUT2D eigenvalue weighted by Gasteiger charge is -2.38. The van der Waals surface area contributed by atoms with Crippen molar-refractivity contribution in [1.29, 1.82) is 0 Å². The number of halogens is 7. The molecule has 0 aromatic heterocycles. The number of benzene rings is 1. The van der Waals surface area contributed by atoms with Gasteiger partial charge in [-0.1, -0.05) is 36.7 Å². The Morgan fingerprint density at radius 1 is 1.08 bits per heavy atom. The summed E-state index contributed by atoms with van der Waals surface area (Å²) in [6, 6.07) is 5.51. The van der Waals surface area contributed by atoms with Crippen LogP contribution in [0, 0.1) is 0 Å². The zero-order chi connectivity index (χ0) is 18.6. The van der Waals surface area contributed by atoms with Gasteiger partial charge in [-0.3, -0.25) is 10.1 Å². The molecule has 1 rings (SSSR count). The standard InChI is InChI=1S/C14H15ClF6N2O/c1-2-5-11(24)23-12(13(16,17)18,14(19,20)21)22-8-9-6-3-4-7-10(9)15/h3-4,6-7,22H,2,5,8H2,1H3,(H,23,24). The van der Waals surface area contributed by atoms with E-state index in [1.807, 2.05) is 0 Å². The predicted octanol–water partition coefficient (Wildman–Crippen LogP) is 4.17. The Morgan fingerprint density at radius 2 is 1.62 bits per heavy atom. The smallest absolute Gasteiger partial charge is 0.323 e. The Hall–Kier alpha value is -1.48. The predicted molar refractivity (Wildman–Crippen MR) is 76.2 cm³/mol. The number of hydrogen-bond donors (Lipinski definition) is 2. The second kappa shape index (κ2) is 7.60. The first kappa shape index (κ1) is 20.6. The molecule has 24 heavy (non-hydrogen) atoms. The third-order valence-corrected chi connectivity index (χ3v) is 3.52. The van der Waals surface area contributed by atoms with Crippen LogP contribution in [0.15, 0.2) is 24.3 Å². The SMILES string of the molecule is CCCC(=O)NC(NCc1ccccc1Cl)(C(F)(F)F)C(F)(F)F. The lowest BCUT2D eigenvalue weighted by Crippen LogP contribution is -2.75. The molecule has 136 valence electrons. The summed E-state index contributed by atoms with van der Waals surface area (Å²) in [6.07, 6.45) is -12.0. The molecule has 1 amide bonds. The van der Waals surface area contributed by atoms with Crippen molar-refractivity contribution in [1.82, 2.24) is 10.6 Å². The van der Waals surface area contributed by atoms with Crippen LogP contribution in [0.3, 0.4) is 0 Å². The molecule has 0 saturated heterocycles. The molecule has 0 radical (unpaired) electrons. The minimum absolute atomic E-state index is 0.00290. The third-order valence-electron chi connectivity index (χ3n) is 3.16. The molecule has 0 bridgehead atoms. The van der Waals surface area contributed by atoms with Gasteiger partial charge in [0.2, 0.25) is 5.91 Å². The monoisotopic (exact) mass is 376 g/mol. The Bertz CT molecular complexity index is 559. The lowest BCUT2D eigenvalue weighted by atomic mass is 10.1. The zero-order valence-corrected chi connectivity index (χ0v) is 13.2. The molecule has 0 aliphatic carbocycles. The van der Waals surface area contributed by atoms with Crippen molar-refractivity contribution in [3.8, 4) is 0 Å². The first-order valence-corrected chi connectivity index (χ1v) is 7.25. The van der Waals surface area contributed by atoms with E-state index in [0.29, 0.717) is 0 Å². The number of nitrogens with one attached hydrogen (secondary N) is 2. The van der Waals surface area contributed by atoms with Gasteiger partial charge in [-0.25, -0.2) is 0 Å². The van der Waals surface area contributed by atoms with Crippen molar-refractivity contribution >= 4 is 17.5 Å². The van der Waals surface area contributed by atoms with Crippen molar-refractivity contribution in [2.45, 2.75) is 44.3 Å². The summed E-state index contributed by atoms with van der Waals surface area (Å²) >= 11 is 5.75. The van der Waals surface area contributed by atoms with E-state index in [9.17, 15) is 31.1 Å². The highest BCUT2D eigenvalue weighted by Gasteiger charge is 2.72. The van der Waals surface area contributed by atoms with Crippen LogP contribution in [0.5, 0.6) is 0 Å². The largest absolute Gasteiger partial charge is 0.434 e. The van der Waals surface area contributed by atoms with Crippen LogP contribution in [0.2, 0.25) is 5.02 Å². The van der Waals surface area contributed by atoms with Gasteiger partial charge in [-0.2, -0.15) is 26.3 Å². The van der Waals surface area contributed by atoms with E-state index in [4.69, 9.17) is 11.6 Å². The third kappa shape index (κ3) is 4.54. The fourth-order valence-electron chi connectivity index (χ4n) is 1.92. The molecule has 1 aromatic rings. The molecule has 0 unspecified atom stereocenters. The van der Waals surface area contributed by atoms with E-state index in [-0.39, 0.29) is 17.0 Å². The maximum Gasteiger partial charge on any atom is 0.434 e. The summed E-state index contributed by atoms with van der Waals surface area (Å²) in [5.41, 5.74) is -4.53. The summed E-state index contributed by atoms with van der Waals surface area (Å²) in [6.45, 7) is 0.616. The molecule has 0 fully saturated rings. The van der Waals surface area contributed by atoms with Crippen molar-refractivity contribution in [2.24, 2.45) is 0 Å². The van der Waals surface area contributed by atoms with Crippen molar-refractivity contribution in [2.75, 3.05) is 0 Å². The minimum Gasteiger partial charge on any atom is -0.323 e. The Labute approximate surface area is 139 Å².